The molecule has 0 radical (unpaired) electrons. The minimum Gasteiger partial charge on any atom is -0.495 e. The maximum Gasteiger partial charge on any atom is 0.251 e. The molecule has 1 heterocycles. The van der Waals surface area contributed by atoms with E-state index in [1.54, 1.807) is 25.2 Å². The van der Waals surface area contributed by atoms with Gasteiger partial charge in [0.15, 0.2) is 0 Å². The summed E-state index contributed by atoms with van der Waals surface area (Å²) in [6.45, 7) is 3.67. The lowest BCUT2D eigenvalue weighted by Crippen LogP contribution is -2.19. The predicted molar refractivity (Wildman–Crippen MR) is 89.3 cm³/mol. The summed E-state index contributed by atoms with van der Waals surface area (Å²) in [6, 6.07) is 4.87. The van der Waals surface area contributed by atoms with E-state index >= 15 is 0 Å². The molecule has 0 aliphatic rings. The second-order valence-electron chi connectivity index (χ2n) is 5.35. The zero-order valence-corrected chi connectivity index (χ0v) is 14.2. The monoisotopic (exact) mass is 331 g/mol. The molecule has 2 rings (SSSR count). The van der Waals surface area contributed by atoms with E-state index in [1.165, 1.54) is 7.11 Å². The van der Waals surface area contributed by atoms with E-state index in [0.29, 0.717) is 23.4 Å². The molecule has 0 bridgehead atoms. The number of nitrogens with one attached hydrogen (secondary N) is 2. The van der Waals surface area contributed by atoms with E-state index in [-0.39, 0.29) is 18.2 Å². The zero-order chi connectivity index (χ0) is 17.7. The van der Waals surface area contributed by atoms with E-state index in [1.807, 2.05) is 13.8 Å². The number of aromatic nitrogens is 1. The molecule has 0 unspecified atom stereocenters. The highest BCUT2D eigenvalue weighted by atomic mass is 16.5. The van der Waals surface area contributed by atoms with Crippen LogP contribution in [0.25, 0.3) is 0 Å². The van der Waals surface area contributed by atoms with Crippen LogP contribution in [0.15, 0.2) is 22.7 Å². The average Bonchev–Trinajstić information content (AvgIpc) is 2.90. The molecule has 0 saturated heterocycles. The van der Waals surface area contributed by atoms with Crippen LogP contribution in [0.4, 0.5) is 5.69 Å². The largest absolute Gasteiger partial charge is 0.495 e. The van der Waals surface area contributed by atoms with E-state index in [4.69, 9.17) is 9.26 Å². The molecule has 128 valence electrons. The Morgan fingerprint density at radius 3 is 2.62 bits per heavy atom. The topological polar surface area (TPSA) is 93.5 Å². The van der Waals surface area contributed by atoms with E-state index < -0.39 is 0 Å². The summed E-state index contributed by atoms with van der Waals surface area (Å²) < 4.78 is 10.3. The van der Waals surface area contributed by atoms with Crippen LogP contribution in [-0.2, 0) is 11.2 Å². The maximum atomic E-state index is 12.2. The van der Waals surface area contributed by atoms with Crippen LogP contribution in [0.1, 0.15) is 33.8 Å². The third-order valence-corrected chi connectivity index (χ3v) is 3.75. The first-order chi connectivity index (χ1) is 11.5. The van der Waals surface area contributed by atoms with Crippen molar-refractivity contribution in [2.75, 3.05) is 19.5 Å². The number of amides is 2. The number of hydrogen-bond donors (Lipinski definition) is 2. The van der Waals surface area contributed by atoms with Gasteiger partial charge < -0.3 is 19.9 Å². The Kier molecular flexibility index (Phi) is 5.57. The Morgan fingerprint density at radius 2 is 2.04 bits per heavy atom. The number of aryl methyl sites for hydroxylation is 2. The van der Waals surface area contributed by atoms with Gasteiger partial charge in [0.1, 0.15) is 11.5 Å². The van der Waals surface area contributed by atoms with Gasteiger partial charge in [0, 0.05) is 24.6 Å². The second-order valence-corrected chi connectivity index (χ2v) is 5.35. The third-order valence-electron chi connectivity index (χ3n) is 3.75. The molecule has 7 nitrogen and oxygen atoms in total. The summed E-state index contributed by atoms with van der Waals surface area (Å²) in [4.78, 5) is 24.0. The van der Waals surface area contributed by atoms with Crippen molar-refractivity contribution >= 4 is 17.5 Å². The van der Waals surface area contributed by atoms with Crippen LogP contribution in [0.3, 0.4) is 0 Å². The first-order valence-corrected chi connectivity index (χ1v) is 7.58. The number of hydrogen-bond acceptors (Lipinski definition) is 5. The van der Waals surface area contributed by atoms with Crippen molar-refractivity contribution in [1.82, 2.24) is 10.5 Å². The number of methoxy groups -OCH3 is 1. The van der Waals surface area contributed by atoms with Crippen LogP contribution in [-0.4, -0.2) is 31.1 Å². The molecule has 0 spiro atoms. The van der Waals surface area contributed by atoms with Gasteiger partial charge in [-0.25, -0.2) is 0 Å². The van der Waals surface area contributed by atoms with Gasteiger partial charge in [0.25, 0.3) is 5.91 Å². The van der Waals surface area contributed by atoms with Crippen molar-refractivity contribution in [2.24, 2.45) is 0 Å². The number of carbonyl (C=O) groups excluding carboxylic acids is 2. The number of benzene rings is 1. The highest BCUT2D eigenvalue weighted by molar-refractivity contribution is 5.98. The number of anilines is 1. The van der Waals surface area contributed by atoms with Gasteiger partial charge in [-0.05, 0) is 38.5 Å². The first-order valence-electron chi connectivity index (χ1n) is 7.58. The Morgan fingerprint density at radius 1 is 1.29 bits per heavy atom. The molecule has 0 saturated carbocycles. The lowest BCUT2D eigenvalue weighted by Gasteiger charge is -2.12. The molecule has 0 atom stereocenters. The summed E-state index contributed by atoms with van der Waals surface area (Å²) in [5.41, 5.74) is 2.64. The summed E-state index contributed by atoms with van der Waals surface area (Å²) in [7, 11) is 3.06. The van der Waals surface area contributed by atoms with Gasteiger partial charge in [-0.3, -0.25) is 9.59 Å². The smallest absolute Gasteiger partial charge is 0.251 e. The fraction of sp³-hybridized carbons (Fsp3) is 0.353. The minimum atomic E-state index is -0.233. The number of nitrogens with zero attached hydrogens (tertiary/aromatic N) is 1. The van der Waals surface area contributed by atoms with Gasteiger partial charge in [0.2, 0.25) is 5.91 Å². The highest BCUT2D eigenvalue weighted by Gasteiger charge is 2.14. The molecule has 2 amide bonds. The Bertz CT molecular complexity index is 733. The summed E-state index contributed by atoms with van der Waals surface area (Å²) in [5.74, 6) is 0.805. The Labute approximate surface area is 140 Å². The molecule has 2 N–H and O–H groups in total. The summed E-state index contributed by atoms with van der Waals surface area (Å²) >= 11 is 0. The van der Waals surface area contributed by atoms with E-state index in [2.05, 4.69) is 15.8 Å². The molecule has 0 aliphatic carbocycles. The molecule has 1 aromatic carbocycles. The number of ether oxygens (including phenoxy) is 1. The van der Waals surface area contributed by atoms with Crippen LogP contribution in [0.2, 0.25) is 0 Å². The normalized spacial score (nSPS) is 10.3. The molecule has 2 aromatic rings. The molecular weight excluding hydrogens is 310 g/mol. The SMILES string of the molecule is CNC(=O)c1ccc(OC)c(NC(=O)CCc2c(C)noc2C)c1. The molecule has 1 aromatic heterocycles. The molecule has 24 heavy (non-hydrogen) atoms. The van der Waals surface area contributed by atoms with Crippen molar-refractivity contribution in [3.8, 4) is 5.75 Å². The van der Waals surface area contributed by atoms with Crippen molar-refractivity contribution in [2.45, 2.75) is 26.7 Å². The van der Waals surface area contributed by atoms with Gasteiger partial charge in [-0.2, -0.15) is 0 Å². The molecule has 0 fully saturated rings. The van der Waals surface area contributed by atoms with Gasteiger partial charge in [-0.1, -0.05) is 5.16 Å². The highest BCUT2D eigenvalue weighted by Crippen LogP contribution is 2.26. The lowest BCUT2D eigenvalue weighted by atomic mass is 10.1. The number of rotatable bonds is 6. The summed E-state index contributed by atoms with van der Waals surface area (Å²) in [6.07, 6.45) is 0.806. The fourth-order valence-electron chi connectivity index (χ4n) is 2.40. The van der Waals surface area contributed by atoms with Crippen LogP contribution < -0.4 is 15.4 Å². The summed E-state index contributed by atoms with van der Waals surface area (Å²) in [5, 5.41) is 9.21. The third kappa shape index (κ3) is 3.92. The first kappa shape index (κ1) is 17.5. The Hall–Kier alpha value is -2.83. The standard InChI is InChI=1S/C17H21N3O4/c1-10-13(11(2)24-20-10)6-8-16(21)19-14-9-12(17(22)18-3)5-7-15(14)23-4/h5,7,9H,6,8H2,1-4H3,(H,18,22)(H,19,21). The van der Waals surface area contributed by atoms with E-state index in [0.717, 1.165) is 17.0 Å². The quantitative estimate of drug-likeness (QED) is 0.846. The van der Waals surface area contributed by atoms with Gasteiger partial charge in [0.05, 0.1) is 18.5 Å². The maximum absolute atomic E-state index is 12.2. The zero-order valence-electron chi connectivity index (χ0n) is 14.2. The minimum absolute atomic E-state index is 0.178. The van der Waals surface area contributed by atoms with Crippen LogP contribution in [0.5, 0.6) is 5.75 Å². The molecule has 0 aliphatic heterocycles. The van der Waals surface area contributed by atoms with Crippen molar-refractivity contribution in [1.29, 1.82) is 0 Å². The second kappa shape index (κ2) is 7.63. The van der Waals surface area contributed by atoms with Crippen LogP contribution in [0, 0.1) is 13.8 Å². The fourth-order valence-corrected chi connectivity index (χ4v) is 2.40. The Balaban J connectivity index is 2.08. The molecular formula is C17H21N3O4. The van der Waals surface area contributed by atoms with Crippen LogP contribution >= 0.6 is 0 Å². The van der Waals surface area contributed by atoms with Crippen molar-refractivity contribution < 1.29 is 18.8 Å². The molecule has 7 heteroatoms. The van der Waals surface area contributed by atoms with Crippen molar-refractivity contribution in [3.05, 3.63) is 40.8 Å². The average molecular weight is 331 g/mol. The number of carbonyl (C=O) groups is 2. The van der Waals surface area contributed by atoms with Gasteiger partial charge >= 0.3 is 0 Å². The lowest BCUT2D eigenvalue weighted by molar-refractivity contribution is -0.116. The predicted octanol–water partition coefficient (Wildman–Crippen LogP) is 2.23. The van der Waals surface area contributed by atoms with Crippen molar-refractivity contribution in [3.63, 3.8) is 0 Å². The van der Waals surface area contributed by atoms with Gasteiger partial charge in [-0.15, -0.1) is 0 Å². The van der Waals surface area contributed by atoms with E-state index in [9.17, 15) is 9.59 Å².